The quantitative estimate of drug-likeness (QED) is 0.855. The Balaban J connectivity index is 1.88. The van der Waals surface area contributed by atoms with Gasteiger partial charge in [0.25, 0.3) is 0 Å². The van der Waals surface area contributed by atoms with Crippen molar-refractivity contribution in [2.45, 2.75) is 25.7 Å². The van der Waals surface area contributed by atoms with Gasteiger partial charge in [0.1, 0.15) is 5.82 Å². The summed E-state index contributed by atoms with van der Waals surface area (Å²) in [6.07, 6.45) is 4.35. The van der Waals surface area contributed by atoms with Crippen molar-refractivity contribution < 1.29 is 4.39 Å². The normalized spacial score (nSPS) is 17.6. The van der Waals surface area contributed by atoms with E-state index in [0.29, 0.717) is 5.02 Å². The molecule has 1 N–H and O–H groups in total. The average molecular weight is 242 g/mol. The Morgan fingerprint density at radius 3 is 2.75 bits per heavy atom. The maximum absolute atomic E-state index is 13.5. The van der Waals surface area contributed by atoms with Crippen LogP contribution in [0.1, 0.15) is 24.8 Å². The van der Waals surface area contributed by atoms with Crippen LogP contribution in [0.2, 0.25) is 5.02 Å². The standard InChI is InChI=1S/C13H17ClFN/c14-12-4-3-11(13(15)9-12)2-1-10-5-7-16-8-6-10/h3-4,9-10,16H,1-2,5-8H2. The molecule has 1 nitrogen and oxygen atoms in total. The molecule has 0 aliphatic carbocycles. The number of hydrogen-bond acceptors (Lipinski definition) is 1. The van der Waals surface area contributed by atoms with Crippen LogP contribution in [0.3, 0.4) is 0 Å². The molecule has 0 aromatic heterocycles. The zero-order valence-corrected chi connectivity index (χ0v) is 10.1. The number of nitrogens with one attached hydrogen (secondary N) is 1. The van der Waals surface area contributed by atoms with Crippen molar-refractivity contribution in [3.63, 3.8) is 0 Å². The van der Waals surface area contributed by atoms with E-state index < -0.39 is 0 Å². The lowest BCUT2D eigenvalue weighted by molar-refractivity contribution is 0.353. The molecule has 0 saturated carbocycles. The Kier molecular flexibility index (Phi) is 4.19. The molecule has 0 atom stereocenters. The van der Waals surface area contributed by atoms with Crippen LogP contribution in [0.15, 0.2) is 18.2 Å². The maximum Gasteiger partial charge on any atom is 0.127 e. The molecule has 0 unspecified atom stereocenters. The molecular formula is C13H17ClFN. The molecule has 16 heavy (non-hydrogen) atoms. The molecule has 1 aromatic rings. The Hall–Kier alpha value is -0.600. The highest BCUT2D eigenvalue weighted by Gasteiger charge is 2.13. The summed E-state index contributed by atoms with van der Waals surface area (Å²) in [5, 5.41) is 3.82. The summed E-state index contributed by atoms with van der Waals surface area (Å²) in [5.74, 6) is 0.581. The van der Waals surface area contributed by atoms with E-state index in [4.69, 9.17) is 11.6 Å². The fourth-order valence-corrected chi connectivity index (χ4v) is 2.41. The number of piperidine rings is 1. The topological polar surface area (TPSA) is 12.0 Å². The van der Waals surface area contributed by atoms with Gasteiger partial charge in [-0.2, -0.15) is 0 Å². The van der Waals surface area contributed by atoms with Crippen LogP contribution in [-0.2, 0) is 6.42 Å². The third kappa shape index (κ3) is 3.19. The second-order valence-corrected chi connectivity index (χ2v) is 4.90. The van der Waals surface area contributed by atoms with E-state index in [-0.39, 0.29) is 5.82 Å². The summed E-state index contributed by atoms with van der Waals surface area (Å²) in [6, 6.07) is 4.97. The van der Waals surface area contributed by atoms with Gasteiger partial charge in [-0.1, -0.05) is 17.7 Å². The summed E-state index contributed by atoms with van der Waals surface area (Å²) in [7, 11) is 0. The third-order valence-corrected chi connectivity index (χ3v) is 3.53. The van der Waals surface area contributed by atoms with Crippen molar-refractivity contribution in [3.05, 3.63) is 34.6 Å². The lowest BCUT2D eigenvalue weighted by Crippen LogP contribution is -2.27. The van der Waals surface area contributed by atoms with Crippen molar-refractivity contribution in [1.82, 2.24) is 5.32 Å². The molecule has 0 amide bonds. The molecule has 0 radical (unpaired) electrons. The third-order valence-electron chi connectivity index (χ3n) is 3.30. The Bertz CT molecular complexity index is 348. The molecular weight excluding hydrogens is 225 g/mol. The first-order valence-corrected chi connectivity index (χ1v) is 6.28. The van der Waals surface area contributed by atoms with Crippen molar-refractivity contribution in [2.75, 3.05) is 13.1 Å². The Morgan fingerprint density at radius 1 is 1.31 bits per heavy atom. The lowest BCUT2D eigenvalue weighted by Gasteiger charge is -2.22. The number of halogens is 2. The minimum atomic E-state index is -0.165. The summed E-state index contributed by atoms with van der Waals surface area (Å²) < 4.78 is 13.5. The average Bonchev–Trinajstić information content (AvgIpc) is 2.29. The van der Waals surface area contributed by atoms with E-state index in [1.54, 1.807) is 12.1 Å². The summed E-state index contributed by atoms with van der Waals surface area (Å²) in [4.78, 5) is 0. The predicted octanol–water partition coefficient (Wildman–Crippen LogP) is 3.41. The van der Waals surface area contributed by atoms with Crippen LogP contribution in [-0.4, -0.2) is 13.1 Å². The molecule has 1 saturated heterocycles. The number of rotatable bonds is 3. The van der Waals surface area contributed by atoms with E-state index in [0.717, 1.165) is 37.4 Å². The fourth-order valence-electron chi connectivity index (χ4n) is 2.25. The summed E-state index contributed by atoms with van der Waals surface area (Å²) >= 11 is 5.72. The van der Waals surface area contributed by atoms with E-state index >= 15 is 0 Å². The highest BCUT2D eigenvalue weighted by molar-refractivity contribution is 6.30. The lowest BCUT2D eigenvalue weighted by atomic mass is 9.91. The molecule has 1 heterocycles. The SMILES string of the molecule is Fc1cc(Cl)ccc1CCC1CCNCC1. The number of benzene rings is 1. The molecule has 0 bridgehead atoms. The first-order valence-electron chi connectivity index (χ1n) is 5.90. The Morgan fingerprint density at radius 2 is 2.06 bits per heavy atom. The molecule has 2 rings (SSSR count). The zero-order chi connectivity index (χ0) is 11.4. The first-order chi connectivity index (χ1) is 7.75. The van der Waals surface area contributed by atoms with E-state index in [1.165, 1.54) is 18.9 Å². The van der Waals surface area contributed by atoms with E-state index in [1.807, 2.05) is 0 Å². The van der Waals surface area contributed by atoms with Crippen LogP contribution in [0.5, 0.6) is 0 Å². The Labute approximate surface area is 101 Å². The molecule has 88 valence electrons. The summed E-state index contributed by atoms with van der Waals surface area (Å²) in [5.41, 5.74) is 0.794. The van der Waals surface area contributed by atoms with Gasteiger partial charge in [0.15, 0.2) is 0 Å². The zero-order valence-electron chi connectivity index (χ0n) is 9.31. The van der Waals surface area contributed by atoms with Gasteiger partial charge in [-0.3, -0.25) is 0 Å². The van der Waals surface area contributed by atoms with Crippen LogP contribution >= 0.6 is 11.6 Å². The second-order valence-electron chi connectivity index (χ2n) is 4.47. The number of hydrogen-bond donors (Lipinski definition) is 1. The second kappa shape index (κ2) is 5.65. The monoisotopic (exact) mass is 241 g/mol. The van der Waals surface area contributed by atoms with Crippen LogP contribution in [0, 0.1) is 11.7 Å². The minimum Gasteiger partial charge on any atom is -0.317 e. The van der Waals surface area contributed by atoms with Gasteiger partial charge in [-0.05, 0) is 62.4 Å². The predicted molar refractivity (Wildman–Crippen MR) is 65.3 cm³/mol. The smallest absolute Gasteiger partial charge is 0.127 e. The highest BCUT2D eigenvalue weighted by atomic mass is 35.5. The van der Waals surface area contributed by atoms with Crippen molar-refractivity contribution in [1.29, 1.82) is 0 Å². The van der Waals surface area contributed by atoms with Crippen molar-refractivity contribution >= 4 is 11.6 Å². The van der Waals surface area contributed by atoms with Gasteiger partial charge in [0.05, 0.1) is 0 Å². The van der Waals surface area contributed by atoms with Crippen LogP contribution < -0.4 is 5.32 Å². The first kappa shape index (κ1) is 11.9. The number of aryl methyl sites for hydroxylation is 1. The molecule has 1 aliphatic rings. The molecule has 1 aliphatic heterocycles. The van der Waals surface area contributed by atoms with Gasteiger partial charge >= 0.3 is 0 Å². The largest absolute Gasteiger partial charge is 0.317 e. The van der Waals surface area contributed by atoms with Crippen LogP contribution in [0.4, 0.5) is 4.39 Å². The summed E-state index contributed by atoms with van der Waals surface area (Å²) in [6.45, 7) is 2.21. The molecule has 1 fully saturated rings. The maximum atomic E-state index is 13.5. The van der Waals surface area contributed by atoms with Gasteiger partial charge in [0, 0.05) is 5.02 Å². The van der Waals surface area contributed by atoms with E-state index in [9.17, 15) is 4.39 Å². The van der Waals surface area contributed by atoms with Gasteiger partial charge in [-0.15, -0.1) is 0 Å². The molecule has 3 heteroatoms. The van der Waals surface area contributed by atoms with Crippen molar-refractivity contribution in [3.8, 4) is 0 Å². The van der Waals surface area contributed by atoms with Gasteiger partial charge < -0.3 is 5.32 Å². The van der Waals surface area contributed by atoms with Crippen molar-refractivity contribution in [2.24, 2.45) is 5.92 Å². The van der Waals surface area contributed by atoms with Crippen LogP contribution in [0.25, 0.3) is 0 Å². The fraction of sp³-hybridized carbons (Fsp3) is 0.538. The highest BCUT2D eigenvalue weighted by Crippen LogP contribution is 2.21. The van der Waals surface area contributed by atoms with E-state index in [2.05, 4.69) is 5.32 Å². The minimum absolute atomic E-state index is 0.165. The molecule has 0 spiro atoms. The molecule has 1 aromatic carbocycles. The van der Waals surface area contributed by atoms with Gasteiger partial charge in [0.2, 0.25) is 0 Å². The van der Waals surface area contributed by atoms with Gasteiger partial charge in [-0.25, -0.2) is 4.39 Å².